The molecule has 0 saturated carbocycles. The van der Waals surface area contributed by atoms with Crippen molar-refractivity contribution in [2.45, 2.75) is 24.9 Å². The summed E-state index contributed by atoms with van der Waals surface area (Å²) in [4.78, 5) is 13.7. The number of nitrogens with one attached hydrogen (secondary N) is 1. The summed E-state index contributed by atoms with van der Waals surface area (Å²) >= 11 is 5.28. The monoisotopic (exact) mass is 350 g/mol. The number of pyridine rings is 1. The molecule has 4 nitrogen and oxygen atoms in total. The molecule has 0 atom stereocenters. The molecule has 0 saturated heterocycles. The SMILES string of the molecule is CCCNc1nc(-c2ccc(Br)cn2)nc2c1CSC2. The van der Waals surface area contributed by atoms with E-state index in [2.05, 4.69) is 43.1 Å². The molecule has 0 amide bonds. The summed E-state index contributed by atoms with van der Waals surface area (Å²) in [7, 11) is 0. The minimum Gasteiger partial charge on any atom is -0.370 e. The molecule has 0 aliphatic carbocycles. The molecule has 6 heteroatoms. The van der Waals surface area contributed by atoms with Crippen LogP contribution in [0.5, 0.6) is 0 Å². The summed E-state index contributed by atoms with van der Waals surface area (Å²) in [6.07, 6.45) is 2.86. The van der Waals surface area contributed by atoms with Crippen LogP contribution in [0.1, 0.15) is 24.6 Å². The van der Waals surface area contributed by atoms with Gasteiger partial charge in [-0.05, 0) is 34.5 Å². The average Bonchev–Trinajstić information content (AvgIpc) is 2.94. The van der Waals surface area contributed by atoms with Gasteiger partial charge in [-0.25, -0.2) is 9.97 Å². The second kappa shape index (κ2) is 6.10. The number of aromatic nitrogens is 3. The van der Waals surface area contributed by atoms with Crippen molar-refractivity contribution in [3.63, 3.8) is 0 Å². The normalized spacial score (nSPS) is 13.3. The van der Waals surface area contributed by atoms with E-state index in [0.29, 0.717) is 5.82 Å². The third kappa shape index (κ3) is 2.81. The number of nitrogens with zero attached hydrogens (tertiary/aromatic N) is 3. The van der Waals surface area contributed by atoms with Crippen LogP contribution in [0.15, 0.2) is 22.8 Å². The molecule has 0 unspecified atom stereocenters. The molecule has 1 aliphatic rings. The topological polar surface area (TPSA) is 50.7 Å². The Labute approximate surface area is 131 Å². The first-order chi connectivity index (χ1) is 9.78. The summed E-state index contributed by atoms with van der Waals surface area (Å²) in [6.45, 7) is 3.09. The summed E-state index contributed by atoms with van der Waals surface area (Å²) in [5.74, 6) is 3.64. The fourth-order valence-electron chi connectivity index (χ4n) is 2.06. The van der Waals surface area contributed by atoms with Gasteiger partial charge in [-0.3, -0.25) is 4.98 Å². The molecule has 1 aliphatic heterocycles. The van der Waals surface area contributed by atoms with Crippen LogP contribution in [0, 0.1) is 0 Å². The van der Waals surface area contributed by atoms with E-state index < -0.39 is 0 Å². The van der Waals surface area contributed by atoms with Gasteiger partial charge in [0, 0.05) is 34.3 Å². The Morgan fingerprint density at radius 2 is 2.20 bits per heavy atom. The van der Waals surface area contributed by atoms with Gasteiger partial charge in [-0.15, -0.1) is 0 Å². The lowest BCUT2D eigenvalue weighted by molar-refractivity contribution is 0.953. The van der Waals surface area contributed by atoms with Crippen molar-refractivity contribution in [2.75, 3.05) is 11.9 Å². The van der Waals surface area contributed by atoms with Crippen LogP contribution in [0.2, 0.25) is 0 Å². The van der Waals surface area contributed by atoms with Crippen LogP contribution in [-0.4, -0.2) is 21.5 Å². The molecule has 0 bridgehead atoms. The predicted molar refractivity (Wildman–Crippen MR) is 86.7 cm³/mol. The van der Waals surface area contributed by atoms with Crippen molar-refractivity contribution >= 4 is 33.5 Å². The van der Waals surface area contributed by atoms with E-state index in [9.17, 15) is 0 Å². The minimum absolute atomic E-state index is 0.706. The van der Waals surface area contributed by atoms with Crippen LogP contribution >= 0.6 is 27.7 Å². The number of hydrogen-bond donors (Lipinski definition) is 1. The summed E-state index contributed by atoms with van der Waals surface area (Å²) in [6, 6.07) is 3.91. The Balaban J connectivity index is 2.01. The molecule has 0 fully saturated rings. The van der Waals surface area contributed by atoms with Gasteiger partial charge in [-0.2, -0.15) is 11.8 Å². The molecule has 3 heterocycles. The van der Waals surface area contributed by atoms with Gasteiger partial charge in [-0.1, -0.05) is 6.92 Å². The fraction of sp³-hybridized carbons (Fsp3) is 0.357. The highest BCUT2D eigenvalue weighted by molar-refractivity contribution is 9.10. The molecule has 2 aromatic heterocycles. The molecule has 1 N–H and O–H groups in total. The van der Waals surface area contributed by atoms with Gasteiger partial charge in [0.25, 0.3) is 0 Å². The van der Waals surface area contributed by atoms with Crippen LogP contribution < -0.4 is 5.32 Å². The Morgan fingerprint density at radius 1 is 1.30 bits per heavy atom. The zero-order chi connectivity index (χ0) is 13.9. The first kappa shape index (κ1) is 13.8. The molecule has 0 spiro atoms. The summed E-state index contributed by atoms with van der Waals surface area (Å²) < 4.78 is 0.960. The minimum atomic E-state index is 0.706. The molecule has 0 aromatic carbocycles. The number of rotatable bonds is 4. The number of thioether (sulfide) groups is 1. The quantitative estimate of drug-likeness (QED) is 0.906. The van der Waals surface area contributed by atoms with Gasteiger partial charge >= 0.3 is 0 Å². The lowest BCUT2D eigenvalue weighted by Gasteiger charge is -2.11. The molecule has 2 aromatic rings. The second-order valence-corrected chi connectivity index (χ2v) is 6.50. The van der Waals surface area contributed by atoms with E-state index in [0.717, 1.165) is 46.1 Å². The largest absolute Gasteiger partial charge is 0.370 e. The molecule has 3 rings (SSSR count). The number of anilines is 1. The van der Waals surface area contributed by atoms with Crippen molar-refractivity contribution in [1.29, 1.82) is 0 Å². The fourth-order valence-corrected chi connectivity index (χ4v) is 3.34. The lowest BCUT2D eigenvalue weighted by atomic mass is 10.2. The summed E-state index contributed by atoms with van der Waals surface area (Å²) in [5, 5.41) is 3.41. The Kier molecular flexibility index (Phi) is 4.21. The van der Waals surface area contributed by atoms with E-state index in [1.165, 1.54) is 5.56 Å². The maximum Gasteiger partial charge on any atom is 0.180 e. The van der Waals surface area contributed by atoms with Crippen molar-refractivity contribution in [2.24, 2.45) is 0 Å². The molecule has 0 radical (unpaired) electrons. The standard InChI is InChI=1S/C14H15BrN4S/c1-2-5-16-13-10-7-20-8-12(10)18-14(19-13)11-4-3-9(15)6-17-11/h3-4,6H,2,5,7-8H2,1H3,(H,16,18,19). The van der Waals surface area contributed by atoms with Crippen LogP contribution in [0.3, 0.4) is 0 Å². The van der Waals surface area contributed by atoms with E-state index in [-0.39, 0.29) is 0 Å². The summed E-state index contributed by atoms with van der Waals surface area (Å²) in [5.41, 5.74) is 3.21. The van der Waals surface area contributed by atoms with E-state index >= 15 is 0 Å². The van der Waals surface area contributed by atoms with Gasteiger partial charge < -0.3 is 5.32 Å². The van der Waals surface area contributed by atoms with E-state index in [1.807, 2.05) is 23.9 Å². The van der Waals surface area contributed by atoms with Crippen molar-refractivity contribution in [3.05, 3.63) is 34.1 Å². The second-order valence-electron chi connectivity index (χ2n) is 4.60. The Hall–Kier alpha value is -1.14. The van der Waals surface area contributed by atoms with Gasteiger partial charge in [0.05, 0.1) is 5.69 Å². The molecule has 20 heavy (non-hydrogen) atoms. The van der Waals surface area contributed by atoms with Crippen molar-refractivity contribution in [1.82, 2.24) is 15.0 Å². The molecular formula is C14H15BrN4S. The first-order valence-electron chi connectivity index (χ1n) is 6.61. The Morgan fingerprint density at radius 3 is 2.95 bits per heavy atom. The Bertz CT molecular complexity index is 615. The van der Waals surface area contributed by atoms with Crippen molar-refractivity contribution < 1.29 is 0 Å². The number of halogens is 1. The third-order valence-corrected chi connectivity index (χ3v) is 4.52. The highest BCUT2D eigenvalue weighted by atomic mass is 79.9. The average molecular weight is 351 g/mol. The zero-order valence-electron chi connectivity index (χ0n) is 11.2. The van der Waals surface area contributed by atoms with Crippen LogP contribution in [0.4, 0.5) is 5.82 Å². The number of hydrogen-bond acceptors (Lipinski definition) is 5. The molecule has 104 valence electrons. The van der Waals surface area contributed by atoms with Crippen LogP contribution in [0.25, 0.3) is 11.5 Å². The van der Waals surface area contributed by atoms with Gasteiger partial charge in [0.1, 0.15) is 11.5 Å². The van der Waals surface area contributed by atoms with E-state index in [4.69, 9.17) is 0 Å². The smallest absolute Gasteiger partial charge is 0.180 e. The zero-order valence-corrected chi connectivity index (χ0v) is 13.6. The number of fused-ring (bicyclic) bond motifs is 1. The van der Waals surface area contributed by atoms with Gasteiger partial charge in [0.15, 0.2) is 5.82 Å². The van der Waals surface area contributed by atoms with Crippen LogP contribution in [-0.2, 0) is 11.5 Å². The predicted octanol–water partition coefficient (Wildman–Crippen LogP) is 3.87. The maximum absolute atomic E-state index is 4.67. The lowest BCUT2D eigenvalue weighted by Crippen LogP contribution is -2.08. The maximum atomic E-state index is 4.67. The highest BCUT2D eigenvalue weighted by Gasteiger charge is 2.20. The van der Waals surface area contributed by atoms with E-state index in [1.54, 1.807) is 6.20 Å². The highest BCUT2D eigenvalue weighted by Crippen LogP contribution is 2.34. The van der Waals surface area contributed by atoms with Crippen molar-refractivity contribution in [3.8, 4) is 11.5 Å². The molecular weight excluding hydrogens is 336 g/mol. The third-order valence-electron chi connectivity index (χ3n) is 3.08. The first-order valence-corrected chi connectivity index (χ1v) is 8.56. The van der Waals surface area contributed by atoms with Gasteiger partial charge in [0.2, 0.25) is 0 Å².